The minimum atomic E-state index is -3.40. The minimum absolute atomic E-state index is 0.310. The lowest BCUT2D eigenvalue weighted by atomic mass is 9.96. The number of carbonyl (C=O) groups is 1. The van der Waals surface area contributed by atoms with E-state index < -0.39 is 16.1 Å². The lowest BCUT2D eigenvalue weighted by molar-refractivity contribution is 0.0936. The highest BCUT2D eigenvalue weighted by Crippen LogP contribution is 2.32. The number of para-hydroxylation sites is 1. The van der Waals surface area contributed by atoms with Crippen molar-refractivity contribution in [3.8, 4) is 16.9 Å². The van der Waals surface area contributed by atoms with Crippen molar-refractivity contribution in [2.24, 2.45) is 0 Å². The average Bonchev–Trinajstić information content (AvgIpc) is 3.11. The normalized spacial score (nSPS) is 22.4. The van der Waals surface area contributed by atoms with E-state index in [9.17, 15) is 13.2 Å². The molecule has 166 valence electrons. The van der Waals surface area contributed by atoms with Gasteiger partial charge in [0.1, 0.15) is 5.75 Å². The molecule has 7 nitrogen and oxygen atoms in total. The van der Waals surface area contributed by atoms with Gasteiger partial charge in [0.25, 0.3) is 0 Å². The van der Waals surface area contributed by atoms with Crippen molar-refractivity contribution in [3.63, 3.8) is 0 Å². The largest absolute Gasteiger partial charge is 0.493 e. The number of nitrogens with zero attached hydrogens (tertiary/aromatic N) is 1. The summed E-state index contributed by atoms with van der Waals surface area (Å²) >= 11 is 0. The molecule has 8 heteroatoms. The van der Waals surface area contributed by atoms with Crippen molar-refractivity contribution in [3.05, 3.63) is 54.1 Å². The maximum atomic E-state index is 12.7. The van der Waals surface area contributed by atoms with Gasteiger partial charge in [0.2, 0.25) is 10.0 Å². The van der Waals surface area contributed by atoms with Crippen LogP contribution in [0.25, 0.3) is 11.1 Å². The van der Waals surface area contributed by atoms with Crippen molar-refractivity contribution in [2.75, 3.05) is 26.0 Å². The number of amides is 1. The van der Waals surface area contributed by atoms with Crippen molar-refractivity contribution >= 4 is 16.1 Å². The number of carbonyl (C=O) groups excluding carboxylic acids is 1. The molecule has 1 amide bonds. The Morgan fingerprint density at radius 3 is 2.61 bits per heavy atom. The number of fused-ring (bicyclic) bond motifs is 5. The number of hydrogen-bond donors (Lipinski definition) is 1. The van der Waals surface area contributed by atoms with Gasteiger partial charge >= 0.3 is 6.09 Å². The summed E-state index contributed by atoms with van der Waals surface area (Å²) in [4.78, 5) is 14.4. The number of ether oxygens (including phenoxy) is 2. The number of sulfonamides is 1. The van der Waals surface area contributed by atoms with Crippen LogP contribution in [-0.4, -0.2) is 57.5 Å². The first-order chi connectivity index (χ1) is 14.9. The Kier molecular flexibility index (Phi) is 6.48. The van der Waals surface area contributed by atoms with Crippen molar-refractivity contribution in [1.82, 2.24) is 9.62 Å². The fraction of sp³-hybridized carbons (Fsp3) is 0.435. The van der Waals surface area contributed by atoms with E-state index in [2.05, 4.69) is 10.8 Å². The molecule has 0 aromatic heterocycles. The number of hydrogen-bond acceptors (Lipinski definition) is 5. The Balaban J connectivity index is 1.69. The highest BCUT2D eigenvalue weighted by molar-refractivity contribution is 7.88. The standard InChI is InChI=1S/C23H28N2O5S/c1-31(27,28)24-20-11-12-25-21(20)16-17-7-6-8-18(15-17)19-9-2-3-10-22(19)29-13-4-5-14-30-23(25)26/h2-3,6-10,15,20-21,24H,4-5,11-14,16H2,1H3. The second-order valence-corrected chi connectivity index (χ2v) is 9.90. The van der Waals surface area contributed by atoms with E-state index in [0.29, 0.717) is 39.0 Å². The molecule has 2 bridgehead atoms. The van der Waals surface area contributed by atoms with Gasteiger partial charge in [-0.3, -0.25) is 0 Å². The van der Waals surface area contributed by atoms with Gasteiger partial charge in [-0.25, -0.2) is 17.9 Å². The van der Waals surface area contributed by atoms with Gasteiger partial charge in [0.15, 0.2) is 0 Å². The van der Waals surface area contributed by atoms with Crippen molar-refractivity contribution < 1.29 is 22.7 Å². The molecule has 0 spiro atoms. The van der Waals surface area contributed by atoms with Crippen molar-refractivity contribution in [1.29, 1.82) is 0 Å². The van der Waals surface area contributed by atoms with Crippen LogP contribution in [0.5, 0.6) is 5.75 Å². The lowest BCUT2D eigenvalue weighted by Crippen LogP contribution is -2.47. The van der Waals surface area contributed by atoms with Crippen LogP contribution in [0.3, 0.4) is 0 Å². The van der Waals surface area contributed by atoms with Crippen LogP contribution in [0, 0.1) is 0 Å². The molecule has 1 N–H and O–H groups in total. The van der Waals surface area contributed by atoms with Gasteiger partial charge in [0, 0.05) is 18.2 Å². The third-order valence-corrected chi connectivity index (χ3v) is 6.47. The predicted molar refractivity (Wildman–Crippen MR) is 119 cm³/mol. The van der Waals surface area contributed by atoms with Gasteiger partial charge in [0.05, 0.1) is 25.5 Å². The number of cyclic esters (lactones) is 1. The van der Waals surface area contributed by atoms with E-state index in [-0.39, 0.29) is 12.1 Å². The van der Waals surface area contributed by atoms with Crippen LogP contribution < -0.4 is 9.46 Å². The molecule has 1 saturated heterocycles. The summed E-state index contributed by atoms with van der Waals surface area (Å²) in [5.41, 5.74) is 3.07. The third-order valence-electron chi connectivity index (χ3n) is 5.74. The molecular weight excluding hydrogens is 416 g/mol. The monoisotopic (exact) mass is 444 g/mol. The van der Waals surface area contributed by atoms with E-state index in [1.54, 1.807) is 4.90 Å². The lowest BCUT2D eigenvalue weighted by Gasteiger charge is -2.28. The number of nitrogens with one attached hydrogen (secondary N) is 1. The number of benzene rings is 2. The van der Waals surface area contributed by atoms with Crippen molar-refractivity contribution in [2.45, 2.75) is 37.8 Å². The summed E-state index contributed by atoms with van der Waals surface area (Å²) < 4.78 is 38.0. The molecule has 2 aromatic carbocycles. The molecule has 0 radical (unpaired) electrons. The topological polar surface area (TPSA) is 84.9 Å². The predicted octanol–water partition coefficient (Wildman–Crippen LogP) is 3.20. The Morgan fingerprint density at radius 2 is 1.81 bits per heavy atom. The number of rotatable bonds is 2. The molecule has 2 unspecified atom stereocenters. The first kappa shape index (κ1) is 21.6. The molecule has 1 fully saturated rings. The molecule has 2 aliphatic rings. The average molecular weight is 445 g/mol. The summed E-state index contributed by atoms with van der Waals surface area (Å²) in [6.07, 6.45) is 3.31. The molecule has 2 atom stereocenters. The van der Waals surface area contributed by atoms with Gasteiger partial charge in [-0.1, -0.05) is 42.5 Å². The molecule has 4 rings (SSSR count). The molecule has 31 heavy (non-hydrogen) atoms. The van der Waals surface area contributed by atoms with Crippen LogP contribution in [0.15, 0.2) is 48.5 Å². The zero-order valence-corrected chi connectivity index (χ0v) is 18.4. The summed E-state index contributed by atoms with van der Waals surface area (Å²) in [6, 6.07) is 15.4. The fourth-order valence-electron chi connectivity index (χ4n) is 4.31. The Bertz CT molecular complexity index is 1040. The Morgan fingerprint density at radius 1 is 1.03 bits per heavy atom. The van der Waals surface area contributed by atoms with Gasteiger partial charge < -0.3 is 14.4 Å². The SMILES string of the molecule is CS(=O)(=O)NC1CCN2C(=O)OCCCCOc3ccccc3-c3cccc(c3)CC12. The van der Waals surface area contributed by atoms with Crippen LogP contribution >= 0.6 is 0 Å². The fourth-order valence-corrected chi connectivity index (χ4v) is 5.14. The maximum Gasteiger partial charge on any atom is 0.410 e. The third kappa shape index (κ3) is 5.37. The van der Waals surface area contributed by atoms with E-state index >= 15 is 0 Å². The Labute approximate surface area is 183 Å². The molecule has 0 aliphatic carbocycles. The highest BCUT2D eigenvalue weighted by atomic mass is 32.2. The molecule has 2 aromatic rings. The van der Waals surface area contributed by atoms with E-state index in [1.807, 2.05) is 42.5 Å². The van der Waals surface area contributed by atoms with Crippen LogP contribution in [-0.2, 0) is 21.2 Å². The van der Waals surface area contributed by atoms with Gasteiger partial charge in [-0.05, 0) is 42.9 Å². The van der Waals surface area contributed by atoms with E-state index in [0.717, 1.165) is 35.1 Å². The van der Waals surface area contributed by atoms with Crippen LogP contribution in [0.4, 0.5) is 4.79 Å². The van der Waals surface area contributed by atoms with E-state index in [1.165, 1.54) is 0 Å². The second kappa shape index (κ2) is 9.28. The highest BCUT2D eigenvalue weighted by Gasteiger charge is 2.39. The summed E-state index contributed by atoms with van der Waals surface area (Å²) in [5, 5.41) is 0. The Hall–Kier alpha value is -2.58. The first-order valence-electron chi connectivity index (χ1n) is 10.6. The minimum Gasteiger partial charge on any atom is -0.493 e. The van der Waals surface area contributed by atoms with Crippen LogP contribution in [0.1, 0.15) is 24.8 Å². The smallest absolute Gasteiger partial charge is 0.410 e. The first-order valence-corrected chi connectivity index (χ1v) is 12.5. The quantitative estimate of drug-likeness (QED) is 0.769. The van der Waals surface area contributed by atoms with E-state index in [4.69, 9.17) is 9.47 Å². The molecule has 2 aliphatic heterocycles. The maximum absolute atomic E-state index is 12.7. The molecule has 2 heterocycles. The second-order valence-electron chi connectivity index (χ2n) is 8.12. The zero-order chi connectivity index (χ0) is 21.8. The summed E-state index contributed by atoms with van der Waals surface area (Å²) in [6.45, 7) is 1.31. The zero-order valence-electron chi connectivity index (χ0n) is 17.6. The summed E-state index contributed by atoms with van der Waals surface area (Å²) in [5.74, 6) is 0.825. The molecular formula is C23H28N2O5S. The van der Waals surface area contributed by atoms with Gasteiger partial charge in [-0.2, -0.15) is 0 Å². The van der Waals surface area contributed by atoms with Crippen LogP contribution in [0.2, 0.25) is 0 Å². The summed E-state index contributed by atoms with van der Waals surface area (Å²) in [7, 11) is -3.40. The van der Waals surface area contributed by atoms with Gasteiger partial charge in [-0.15, -0.1) is 0 Å². The molecule has 0 saturated carbocycles.